The van der Waals surface area contributed by atoms with Crippen LogP contribution < -0.4 is 15.7 Å². The van der Waals surface area contributed by atoms with Gasteiger partial charge < -0.3 is 19.2 Å². The highest BCUT2D eigenvalue weighted by Gasteiger charge is 2.50. The number of nitrogens with one attached hydrogen (secondary N) is 1. The molecule has 0 radical (unpaired) electrons. The number of hydrogen-bond donors (Lipinski definition) is 1. The van der Waals surface area contributed by atoms with Crippen molar-refractivity contribution in [3.63, 3.8) is 0 Å². The first kappa shape index (κ1) is 27.6. The van der Waals surface area contributed by atoms with Crippen LogP contribution in [0.2, 0.25) is 5.04 Å². The van der Waals surface area contributed by atoms with Gasteiger partial charge in [0.15, 0.2) is 0 Å². The van der Waals surface area contributed by atoms with Crippen LogP contribution in [0.3, 0.4) is 0 Å². The van der Waals surface area contributed by atoms with Crippen molar-refractivity contribution in [2.75, 3.05) is 13.7 Å². The number of amides is 1. The monoisotopic (exact) mass is 485 g/mol. The lowest BCUT2D eigenvalue weighted by Crippen LogP contribution is -2.67. The summed E-state index contributed by atoms with van der Waals surface area (Å²) in [6.07, 6.45) is 0.0129. The summed E-state index contributed by atoms with van der Waals surface area (Å²) in [5, 5.41) is 5.01. The van der Waals surface area contributed by atoms with Crippen molar-refractivity contribution in [2.24, 2.45) is 0 Å². The smallest absolute Gasteiger partial charge is 0.407 e. The molecule has 2 aromatic carbocycles. The highest BCUT2D eigenvalue weighted by atomic mass is 28.4. The molecule has 0 aliphatic heterocycles. The molecule has 1 amide bonds. The number of hydrogen-bond acceptors (Lipinski definition) is 5. The van der Waals surface area contributed by atoms with Crippen LogP contribution in [0.15, 0.2) is 60.7 Å². The Balaban J connectivity index is 2.42. The van der Waals surface area contributed by atoms with Crippen LogP contribution in [-0.2, 0) is 18.7 Å². The molecule has 1 N–H and O–H groups in total. The molecule has 0 aliphatic carbocycles. The van der Waals surface area contributed by atoms with E-state index in [4.69, 9.17) is 13.9 Å². The molecular weight excluding hydrogens is 446 g/mol. The topological polar surface area (TPSA) is 73.9 Å². The molecule has 0 unspecified atom stereocenters. The fourth-order valence-electron chi connectivity index (χ4n) is 4.05. The summed E-state index contributed by atoms with van der Waals surface area (Å²) in [5.74, 6) is -0.332. The van der Waals surface area contributed by atoms with Crippen molar-refractivity contribution < 1.29 is 23.5 Å². The second kappa shape index (κ2) is 11.7. The van der Waals surface area contributed by atoms with Crippen molar-refractivity contribution in [3.05, 3.63) is 60.7 Å². The molecule has 7 heteroatoms. The fraction of sp³-hybridized carbons (Fsp3) is 0.481. The van der Waals surface area contributed by atoms with Crippen LogP contribution in [0.1, 0.15) is 54.4 Å². The summed E-state index contributed by atoms with van der Waals surface area (Å²) in [4.78, 5) is 24.4. The molecule has 0 aliphatic rings. The molecule has 0 saturated carbocycles. The first-order valence-electron chi connectivity index (χ1n) is 11.7. The molecule has 2 rings (SSSR count). The Morgan fingerprint density at radius 1 is 0.882 bits per heavy atom. The number of benzene rings is 2. The van der Waals surface area contributed by atoms with Crippen molar-refractivity contribution in [1.82, 2.24) is 5.32 Å². The Labute approximate surface area is 205 Å². The van der Waals surface area contributed by atoms with E-state index in [9.17, 15) is 9.59 Å². The SMILES string of the molecule is COC(=O)CC[C@@H](CO[Si](c1ccccc1)(c1ccccc1)C(C)(C)C)NC(=O)OC(C)(C)C. The fourth-order valence-corrected chi connectivity index (χ4v) is 8.66. The summed E-state index contributed by atoms with van der Waals surface area (Å²) in [7, 11) is -1.42. The third-order valence-corrected chi connectivity index (χ3v) is 10.6. The Kier molecular flexibility index (Phi) is 9.47. The molecule has 0 spiro atoms. The Morgan fingerprint density at radius 2 is 1.38 bits per heavy atom. The molecule has 0 bridgehead atoms. The van der Waals surface area contributed by atoms with Gasteiger partial charge in [0, 0.05) is 6.42 Å². The number of ether oxygens (including phenoxy) is 2. The average molecular weight is 486 g/mol. The number of carbonyl (C=O) groups excluding carboxylic acids is 2. The van der Waals surface area contributed by atoms with Gasteiger partial charge in [0.1, 0.15) is 5.60 Å². The Hall–Kier alpha value is -2.64. The zero-order chi connectivity index (χ0) is 25.4. The quantitative estimate of drug-likeness (QED) is 0.421. The molecule has 0 fully saturated rings. The lowest BCUT2D eigenvalue weighted by atomic mass is 10.1. The van der Waals surface area contributed by atoms with Crippen molar-refractivity contribution in [3.8, 4) is 0 Å². The number of esters is 1. The van der Waals surface area contributed by atoms with E-state index in [0.717, 1.165) is 10.4 Å². The van der Waals surface area contributed by atoms with Gasteiger partial charge in [0.25, 0.3) is 8.32 Å². The van der Waals surface area contributed by atoms with Gasteiger partial charge in [-0.15, -0.1) is 0 Å². The van der Waals surface area contributed by atoms with E-state index in [0.29, 0.717) is 6.42 Å². The highest BCUT2D eigenvalue weighted by molar-refractivity contribution is 6.99. The molecule has 186 valence electrons. The van der Waals surface area contributed by atoms with Gasteiger partial charge in [-0.1, -0.05) is 81.4 Å². The van der Waals surface area contributed by atoms with E-state index in [1.807, 2.05) is 57.2 Å². The third kappa shape index (κ3) is 7.43. The summed E-state index contributed by atoms with van der Waals surface area (Å²) < 4.78 is 17.2. The Bertz CT molecular complexity index is 880. The number of methoxy groups -OCH3 is 1. The highest BCUT2D eigenvalue weighted by Crippen LogP contribution is 2.36. The molecular formula is C27H39NO5Si. The van der Waals surface area contributed by atoms with Crippen molar-refractivity contribution in [1.29, 1.82) is 0 Å². The molecule has 6 nitrogen and oxygen atoms in total. The first-order valence-corrected chi connectivity index (χ1v) is 13.6. The average Bonchev–Trinajstić information content (AvgIpc) is 2.76. The van der Waals surface area contributed by atoms with Crippen molar-refractivity contribution >= 4 is 30.8 Å². The van der Waals surface area contributed by atoms with E-state index in [1.54, 1.807) is 0 Å². The maximum Gasteiger partial charge on any atom is 0.407 e. The number of alkyl carbamates (subject to hydrolysis) is 1. The third-order valence-electron chi connectivity index (χ3n) is 5.56. The number of carbonyl (C=O) groups is 2. The van der Waals surface area contributed by atoms with Gasteiger partial charge >= 0.3 is 12.1 Å². The zero-order valence-electron chi connectivity index (χ0n) is 21.5. The van der Waals surface area contributed by atoms with Gasteiger partial charge in [0.05, 0.1) is 19.8 Å². The molecule has 34 heavy (non-hydrogen) atoms. The van der Waals surface area contributed by atoms with E-state index < -0.39 is 26.1 Å². The van der Waals surface area contributed by atoms with Crippen LogP contribution in [0.5, 0.6) is 0 Å². The predicted molar refractivity (Wildman–Crippen MR) is 138 cm³/mol. The molecule has 0 heterocycles. The normalized spacial score (nSPS) is 13.1. The van der Waals surface area contributed by atoms with E-state index >= 15 is 0 Å². The van der Waals surface area contributed by atoms with Crippen LogP contribution >= 0.6 is 0 Å². The summed E-state index contributed by atoms with van der Waals surface area (Å²) >= 11 is 0. The van der Waals surface area contributed by atoms with Gasteiger partial charge in [-0.05, 0) is 42.6 Å². The van der Waals surface area contributed by atoms with Crippen LogP contribution in [0.4, 0.5) is 4.79 Å². The minimum Gasteiger partial charge on any atom is -0.469 e. The standard InChI is InChI=1S/C27H39NO5Si/c1-26(2,3)33-25(30)28-21(18-19-24(29)31-7)20-32-34(27(4,5)6,22-14-10-8-11-15-22)23-16-12-9-13-17-23/h8-17,21H,18-20H2,1-7H3,(H,28,30)/t21-/m0/s1. The second-order valence-corrected chi connectivity index (χ2v) is 14.7. The lowest BCUT2D eigenvalue weighted by Gasteiger charge is -2.43. The van der Waals surface area contributed by atoms with Crippen LogP contribution in [0, 0.1) is 0 Å². The largest absolute Gasteiger partial charge is 0.469 e. The molecule has 0 saturated heterocycles. The van der Waals surface area contributed by atoms with Gasteiger partial charge in [0.2, 0.25) is 0 Å². The number of rotatable bonds is 9. The second-order valence-electron chi connectivity index (χ2n) is 10.4. The Morgan fingerprint density at radius 3 is 1.79 bits per heavy atom. The minimum absolute atomic E-state index is 0.168. The summed E-state index contributed by atoms with van der Waals surface area (Å²) in [5.41, 5.74) is -0.629. The first-order chi connectivity index (χ1) is 15.9. The van der Waals surface area contributed by atoms with Gasteiger partial charge in [-0.2, -0.15) is 0 Å². The van der Waals surface area contributed by atoms with E-state index in [2.05, 4.69) is 50.4 Å². The van der Waals surface area contributed by atoms with Crippen molar-refractivity contribution in [2.45, 2.75) is 71.1 Å². The minimum atomic E-state index is -2.78. The molecule has 2 aromatic rings. The maximum absolute atomic E-state index is 12.6. The van der Waals surface area contributed by atoms with Crippen LogP contribution in [0.25, 0.3) is 0 Å². The van der Waals surface area contributed by atoms with E-state index in [1.165, 1.54) is 7.11 Å². The van der Waals surface area contributed by atoms with Gasteiger partial charge in [-0.3, -0.25) is 4.79 Å². The van der Waals surface area contributed by atoms with Crippen LogP contribution in [-0.4, -0.2) is 45.7 Å². The molecule has 1 atom stereocenters. The summed E-state index contributed by atoms with van der Waals surface area (Å²) in [6.45, 7) is 12.3. The van der Waals surface area contributed by atoms with E-state index in [-0.39, 0.29) is 24.0 Å². The summed E-state index contributed by atoms with van der Waals surface area (Å²) in [6, 6.07) is 20.2. The lowest BCUT2D eigenvalue weighted by molar-refractivity contribution is -0.140. The van der Waals surface area contributed by atoms with Gasteiger partial charge in [-0.25, -0.2) is 4.79 Å². The zero-order valence-corrected chi connectivity index (χ0v) is 22.5. The predicted octanol–water partition coefficient (Wildman–Crippen LogP) is 4.41. The molecule has 0 aromatic heterocycles. The maximum atomic E-state index is 12.6.